The van der Waals surface area contributed by atoms with Gasteiger partial charge in [-0.15, -0.1) is 0 Å². The second-order valence-electron chi connectivity index (χ2n) is 3.23. The van der Waals surface area contributed by atoms with Crippen LogP contribution in [0.1, 0.15) is 13.3 Å². The number of ether oxygens (including phenoxy) is 1. The number of hydrogen-bond acceptors (Lipinski definition) is 3. The molecule has 0 unspecified atom stereocenters. The normalized spacial score (nSPS) is 11.5. The summed E-state index contributed by atoms with van der Waals surface area (Å²) in [5, 5.41) is 0. The van der Waals surface area contributed by atoms with E-state index in [0.29, 0.717) is 4.90 Å². The molecule has 0 saturated heterocycles. The molecule has 0 aliphatic heterocycles. The molecule has 0 aromatic heterocycles. The summed E-state index contributed by atoms with van der Waals surface area (Å²) in [5.41, 5.74) is 0. The fourth-order valence-corrected chi connectivity index (χ4v) is 1.05. The van der Waals surface area contributed by atoms with Crippen molar-refractivity contribution >= 4 is 11.9 Å². The van der Waals surface area contributed by atoms with Crippen molar-refractivity contribution in [3.8, 4) is 0 Å². The SMILES string of the molecule is CCCN(CC(=O)OC)C(=O)C(F)(F)C(F)F. The van der Waals surface area contributed by atoms with Gasteiger partial charge in [0.2, 0.25) is 0 Å². The number of nitrogens with zero attached hydrogens (tertiary/aromatic N) is 1. The van der Waals surface area contributed by atoms with E-state index in [-0.39, 0.29) is 13.0 Å². The average Bonchev–Trinajstić information content (AvgIpc) is 2.26. The van der Waals surface area contributed by atoms with Gasteiger partial charge in [-0.3, -0.25) is 9.59 Å². The van der Waals surface area contributed by atoms with Crippen LogP contribution in [0.15, 0.2) is 0 Å². The van der Waals surface area contributed by atoms with Gasteiger partial charge in [0.15, 0.2) is 0 Å². The maximum absolute atomic E-state index is 12.8. The minimum atomic E-state index is -4.79. The lowest BCUT2D eigenvalue weighted by molar-refractivity contribution is -0.182. The summed E-state index contributed by atoms with van der Waals surface area (Å²) >= 11 is 0. The zero-order valence-electron chi connectivity index (χ0n) is 9.38. The quantitative estimate of drug-likeness (QED) is 0.533. The second kappa shape index (κ2) is 6.41. The van der Waals surface area contributed by atoms with Gasteiger partial charge >= 0.3 is 18.3 Å². The highest BCUT2D eigenvalue weighted by Crippen LogP contribution is 2.25. The Morgan fingerprint density at radius 2 is 1.88 bits per heavy atom. The van der Waals surface area contributed by atoms with E-state index in [1.807, 2.05) is 0 Å². The van der Waals surface area contributed by atoms with Gasteiger partial charge < -0.3 is 9.64 Å². The maximum atomic E-state index is 12.8. The highest BCUT2D eigenvalue weighted by molar-refractivity contribution is 5.87. The fraction of sp³-hybridized carbons (Fsp3) is 0.778. The van der Waals surface area contributed by atoms with Crippen LogP contribution in [0.3, 0.4) is 0 Å². The maximum Gasteiger partial charge on any atom is 0.383 e. The van der Waals surface area contributed by atoms with Crippen LogP contribution in [0.2, 0.25) is 0 Å². The summed E-state index contributed by atoms with van der Waals surface area (Å²) < 4.78 is 53.7. The first kappa shape index (κ1) is 15.7. The molecule has 0 heterocycles. The number of hydrogen-bond donors (Lipinski definition) is 0. The van der Waals surface area contributed by atoms with E-state index >= 15 is 0 Å². The largest absolute Gasteiger partial charge is 0.468 e. The number of carbonyl (C=O) groups is 2. The molecule has 100 valence electrons. The minimum absolute atomic E-state index is 0.226. The van der Waals surface area contributed by atoms with E-state index < -0.39 is 30.8 Å². The summed E-state index contributed by atoms with van der Waals surface area (Å²) in [7, 11) is 1.00. The predicted molar refractivity (Wildman–Crippen MR) is 49.8 cm³/mol. The number of alkyl halides is 4. The lowest BCUT2D eigenvalue weighted by atomic mass is 10.2. The summed E-state index contributed by atoms with van der Waals surface area (Å²) in [6, 6.07) is 0. The number of rotatable bonds is 6. The summed E-state index contributed by atoms with van der Waals surface area (Å²) in [6.07, 6.45) is -3.85. The Bertz CT molecular complexity index is 283. The van der Waals surface area contributed by atoms with Crippen molar-refractivity contribution in [1.29, 1.82) is 0 Å². The van der Waals surface area contributed by atoms with Gasteiger partial charge in [-0.25, -0.2) is 8.78 Å². The van der Waals surface area contributed by atoms with Crippen LogP contribution in [0.5, 0.6) is 0 Å². The molecule has 0 N–H and O–H groups in total. The zero-order chi connectivity index (χ0) is 13.6. The van der Waals surface area contributed by atoms with Gasteiger partial charge in [0.1, 0.15) is 6.54 Å². The Labute approximate surface area is 95.5 Å². The van der Waals surface area contributed by atoms with Crippen LogP contribution in [-0.2, 0) is 14.3 Å². The molecule has 0 aromatic carbocycles. The van der Waals surface area contributed by atoms with Crippen molar-refractivity contribution in [2.45, 2.75) is 25.7 Å². The zero-order valence-corrected chi connectivity index (χ0v) is 9.38. The van der Waals surface area contributed by atoms with Crippen molar-refractivity contribution in [1.82, 2.24) is 4.90 Å². The van der Waals surface area contributed by atoms with Crippen LogP contribution in [0.25, 0.3) is 0 Å². The molecule has 1 amide bonds. The van der Waals surface area contributed by atoms with Crippen LogP contribution < -0.4 is 0 Å². The third kappa shape index (κ3) is 4.20. The average molecular weight is 259 g/mol. The van der Waals surface area contributed by atoms with E-state index in [4.69, 9.17) is 0 Å². The molecule has 0 saturated carbocycles. The van der Waals surface area contributed by atoms with Gasteiger partial charge in [0.25, 0.3) is 5.91 Å². The third-order valence-electron chi connectivity index (χ3n) is 1.89. The molecule has 0 bridgehead atoms. The molecule has 17 heavy (non-hydrogen) atoms. The van der Waals surface area contributed by atoms with Gasteiger partial charge in [-0.2, -0.15) is 8.78 Å². The number of carbonyl (C=O) groups excluding carboxylic acids is 2. The molecule has 0 aliphatic rings. The highest BCUT2D eigenvalue weighted by Gasteiger charge is 2.51. The first-order chi connectivity index (χ1) is 7.77. The molecule has 0 aliphatic carbocycles. The van der Waals surface area contributed by atoms with Crippen molar-refractivity contribution in [2.75, 3.05) is 20.2 Å². The number of halogens is 4. The number of methoxy groups -OCH3 is 1. The standard InChI is InChI=1S/C9H13F4NO3/c1-3-4-14(5-6(15)17-2)8(16)9(12,13)7(10)11/h7H,3-5H2,1-2H3. The van der Waals surface area contributed by atoms with E-state index in [1.54, 1.807) is 6.92 Å². The Morgan fingerprint density at radius 1 is 1.35 bits per heavy atom. The van der Waals surface area contributed by atoms with E-state index in [0.717, 1.165) is 7.11 Å². The van der Waals surface area contributed by atoms with Gasteiger partial charge in [-0.1, -0.05) is 6.92 Å². The summed E-state index contributed by atoms with van der Waals surface area (Å²) in [4.78, 5) is 22.3. The molecular formula is C9H13F4NO3. The first-order valence-electron chi connectivity index (χ1n) is 4.79. The van der Waals surface area contributed by atoms with E-state index in [1.165, 1.54) is 0 Å². The Morgan fingerprint density at radius 3 is 2.24 bits per heavy atom. The van der Waals surface area contributed by atoms with Crippen LogP contribution in [0, 0.1) is 0 Å². The fourth-order valence-electron chi connectivity index (χ4n) is 1.05. The topological polar surface area (TPSA) is 46.6 Å². The Hall–Kier alpha value is -1.34. The van der Waals surface area contributed by atoms with Gasteiger partial charge in [0, 0.05) is 6.54 Å². The third-order valence-corrected chi connectivity index (χ3v) is 1.89. The second-order valence-corrected chi connectivity index (χ2v) is 3.23. The van der Waals surface area contributed by atoms with Gasteiger partial charge in [0.05, 0.1) is 7.11 Å². The molecule has 0 fully saturated rings. The van der Waals surface area contributed by atoms with Gasteiger partial charge in [-0.05, 0) is 6.42 Å². The first-order valence-corrected chi connectivity index (χ1v) is 4.79. The molecule has 4 nitrogen and oxygen atoms in total. The minimum Gasteiger partial charge on any atom is -0.468 e. The van der Waals surface area contributed by atoms with Crippen molar-refractivity contribution in [3.63, 3.8) is 0 Å². The molecule has 0 radical (unpaired) electrons. The Kier molecular flexibility index (Phi) is 5.90. The Balaban J connectivity index is 4.81. The predicted octanol–water partition coefficient (Wildman–Crippen LogP) is 1.30. The van der Waals surface area contributed by atoms with Crippen LogP contribution in [0.4, 0.5) is 17.6 Å². The summed E-state index contributed by atoms with van der Waals surface area (Å²) in [5.74, 6) is -7.81. The monoisotopic (exact) mass is 259 g/mol. The molecule has 0 atom stereocenters. The van der Waals surface area contributed by atoms with E-state index in [9.17, 15) is 27.2 Å². The number of esters is 1. The van der Waals surface area contributed by atoms with Crippen molar-refractivity contribution in [3.05, 3.63) is 0 Å². The van der Waals surface area contributed by atoms with Crippen LogP contribution >= 0.6 is 0 Å². The molecule has 0 rings (SSSR count). The molecule has 0 aromatic rings. The van der Waals surface area contributed by atoms with Crippen molar-refractivity contribution < 1.29 is 31.9 Å². The molecular weight excluding hydrogens is 246 g/mol. The number of amides is 1. The lowest BCUT2D eigenvalue weighted by Crippen LogP contribution is -2.49. The van der Waals surface area contributed by atoms with Crippen LogP contribution in [-0.4, -0.2) is 49.3 Å². The summed E-state index contributed by atoms with van der Waals surface area (Å²) in [6.45, 7) is 0.555. The lowest BCUT2D eigenvalue weighted by Gasteiger charge is -2.25. The van der Waals surface area contributed by atoms with Crippen molar-refractivity contribution in [2.24, 2.45) is 0 Å². The van der Waals surface area contributed by atoms with E-state index in [2.05, 4.69) is 4.74 Å². The molecule has 8 heteroatoms. The highest BCUT2D eigenvalue weighted by atomic mass is 19.3. The molecule has 0 spiro atoms. The smallest absolute Gasteiger partial charge is 0.383 e.